The molecule has 0 atom stereocenters. The van der Waals surface area contributed by atoms with E-state index in [0.717, 1.165) is 53.4 Å². The third-order valence-electron chi connectivity index (χ3n) is 6.89. The van der Waals surface area contributed by atoms with Crippen molar-refractivity contribution in [3.05, 3.63) is 52.1 Å². The van der Waals surface area contributed by atoms with Gasteiger partial charge in [0.1, 0.15) is 6.10 Å². The SMILES string of the molecule is CC(C)CC(=O)c1cnc2ccc(-c3cc(Cl)c(O)c(Cl)c3)cc2c1NC1CCC(OC(=O)NC(C)(C)C)CC1. The molecule has 40 heavy (non-hydrogen) atoms. The molecule has 0 aliphatic heterocycles. The van der Waals surface area contributed by atoms with E-state index in [1.165, 1.54) is 0 Å². The predicted octanol–water partition coefficient (Wildman–Crippen LogP) is 8.39. The number of ether oxygens (including phenoxy) is 1. The molecule has 9 heteroatoms. The molecule has 0 spiro atoms. The van der Waals surface area contributed by atoms with Gasteiger partial charge in [-0.25, -0.2) is 4.79 Å². The summed E-state index contributed by atoms with van der Waals surface area (Å²) < 4.78 is 5.65. The second-order valence-corrected chi connectivity index (χ2v) is 12.8. The number of Topliss-reactive ketones (excluding diaryl/α,β-unsaturated/α-hetero) is 1. The van der Waals surface area contributed by atoms with Crippen molar-refractivity contribution >= 4 is 51.7 Å². The number of amides is 1. The van der Waals surface area contributed by atoms with E-state index in [0.29, 0.717) is 12.0 Å². The number of alkyl carbamates (subject to hydrolysis) is 1. The lowest BCUT2D eigenvalue weighted by molar-refractivity contribution is 0.0681. The first kappa shape index (κ1) is 29.9. The molecule has 214 valence electrons. The number of nitrogens with zero attached hydrogens (tertiary/aromatic N) is 1. The van der Waals surface area contributed by atoms with E-state index in [9.17, 15) is 14.7 Å². The molecule has 1 aromatic heterocycles. The Bertz CT molecular complexity index is 1390. The highest BCUT2D eigenvalue weighted by Gasteiger charge is 2.27. The zero-order chi connectivity index (χ0) is 29.2. The van der Waals surface area contributed by atoms with Gasteiger partial charge in [-0.1, -0.05) is 43.1 Å². The van der Waals surface area contributed by atoms with Crippen molar-refractivity contribution in [1.29, 1.82) is 0 Å². The number of aromatic hydroxyl groups is 1. The van der Waals surface area contributed by atoms with Crippen molar-refractivity contribution in [1.82, 2.24) is 10.3 Å². The van der Waals surface area contributed by atoms with Crippen LogP contribution in [0.4, 0.5) is 10.5 Å². The zero-order valence-corrected chi connectivity index (χ0v) is 25.1. The number of phenols is 1. The monoisotopic (exact) mass is 585 g/mol. The molecule has 0 saturated heterocycles. The van der Waals surface area contributed by atoms with E-state index in [1.807, 2.05) is 52.8 Å². The standard InChI is InChI=1S/C31H37Cl2N3O4/c1-17(2)12-27(37)23-16-34-26-11-6-18(19-14-24(32)29(38)25(33)15-19)13-22(26)28(23)35-20-7-9-21(10-8-20)40-30(39)36-31(3,4)5/h6,11,13-17,20-21,38H,7-10,12H2,1-5H3,(H,34,35)(H,36,39). The zero-order valence-electron chi connectivity index (χ0n) is 23.6. The van der Waals surface area contributed by atoms with Crippen LogP contribution in [0, 0.1) is 5.92 Å². The number of hydrogen-bond donors (Lipinski definition) is 3. The second kappa shape index (κ2) is 12.2. The maximum atomic E-state index is 13.3. The highest BCUT2D eigenvalue weighted by molar-refractivity contribution is 6.37. The van der Waals surface area contributed by atoms with Crippen LogP contribution >= 0.6 is 23.2 Å². The summed E-state index contributed by atoms with van der Waals surface area (Å²) in [5.74, 6) is 0.0772. The van der Waals surface area contributed by atoms with Gasteiger partial charge in [-0.2, -0.15) is 0 Å². The fourth-order valence-electron chi connectivity index (χ4n) is 4.97. The minimum atomic E-state index is -0.396. The summed E-state index contributed by atoms with van der Waals surface area (Å²) in [5, 5.41) is 17.7. The summed E-state index contributed by atoms with van der Waals surface area (Å²) in [6.45, 7) is 9.80. The summed E-state index contributed by atoms with van der Waals surface area (Å²) >= 11 is 12.4. The second-order valence-electron chi connectivity index (χ2n) is 12.0. The van der Waals surface area contributed by atoms with Gasteiger partial charge < -0.3 is 20.5 Å². The molecule has 1 fully saturated rings. The number of pyridine rings is 1. The number of carbonyl (C=O) groups excluding carboxylic acids is 2. The van der Waals surface area contributed by atoms with Crippen LogP contribution in [0.15, 0.2) is 36.5 Å². The number of phenolic OH excluding ortho intramolecular Hbond substituents is 1. The number of nitrogens with one attached hydrogen (secondary N) is 2. The van der Waals surface area contributed by atoms with Crippen LogP contribution in [0.2, 0.25) is 10.0 Å². The fourth-order valence-corrected chi connectivity index (χ4v) is 5.46. The van der Waals surface area contributed by atoms with Gasteiger partial charge in [-0.15, -0.1) is 0 Å². The maximum absolute atomic E-state index is 13.3. The minimum Gasteiger partial charge on any atom is -0.505 e. The van der Waals surface area contributed by atoms with Gasteiger partial charge in [0.15, 0.2) is 11.5 Å². The summed E-state index contributed by atoms with van der Waals surface area (Å²) in [5.41, 5.74) is 3.28. The van der Waals surface area contributed by atoms with E-state index < -0.39 is 6.09 Å². The molecule has 1 saturated carbocycles. The smallest absolute Gasteiger partial charge is 0.407 e. The number of hydrogen-bond acceptors (Lipinski definition) is 6. The van der Waals surface area contributed by atoms with Crippen LogP contribution in [0.1, 0.15) is 77.1 Å². The van der Waals surface area contributed by atoms with Crippen molar-refractivity contribution < 1.29 is 19.4 Å². The van der Waals surface area contributed by atoms with Crippen molar-refractivity contribution in [2.75, 3.05) is 5.32 Å². The van der Waals surface area contributed by atoms with E-state index in [1.54, 1.807) is 18.3 Å². The van der Waals surface area contributed by atoms with Gasteiger partial charge in [0.05, 0.1) is 26.8 Å². The Balaban J connectivity index is 1.64. The van der Waals surface area contributed by atoms with E-state index >= 15 is 0 Å². The largest absolute Gasteiger partial charge is 0.505 e. The summed E-state index contributed by atoms with van der Waals surface area (Å²) in [6.07, 6.45) is 4.56. The van der Waals surface area contributed by atoms with Gasteiger partial charge >= 0.3 is 6.09 Å². The molecule has 7 nitrogen and oxygen atoms in total. The molecular formula is C31H37Cl2N3O4. The van der Waals surface area contributed by atoms with Crippen LogP contribution in [-0.4, -0.2) is 39.7 Å². The lowest BCUT2D eigenvalue weighted by Crippen LogP contribution is -2.43. The molecule has 0 bridgehead atoms. The average Bonchev–Trinajstić information content (AvgIpc) is 2.86. The molecule has 4 rings (SSSR count). The molecule has 1 heterocycles. The van der Waals surface area contributed by atoms with Crippen molar-refractivity contribution in [3.63, 3.8) is 0 Å². The molecule has 3 N–H and O–H groups in total. The van der Waals surface area contributed by atoms with Gasteiger partial charge in [-0.3, -0.25) is 9.78 Å². The van der Waals surface area contributed by atoms with Crippen molar-refractivity contribution in [3.8, 4) is 16.9 Å². The number of carbonyl (C=O) groups is 2. The molecule has 0 unspecified atom stereocenters. The summed E-state index contributed by atoms with van der Waals surface area (Å²) in [7, 11) is 0. The highest BCUT2D eigenvalue weighted by atomic mass is 35.5. The Morgan fingerprint density at radius 1 is 1.05 bits per heavy atom. The summed E-state index contributed by atoms with van der Waals surface area (Å²) in [4.78, 5) is 30.2. The minimum absolute atomic E-state index is 0.0314. The molecule has 1 aliphatic rings. The predicted molar refractivity (Wildman–Crippen MR) is 162 cm³/mol. The van der Waals surface area contributed by atoms with Gasteiger partial charge in [-0.05, 0) is 87.8 Å². The first-order valence-electron chi connectivity index (χ1n) is 13.7. The van der Waals surface area contributed by atoms with Crippen LogP contribution in [0.3, 0.4) is 0 Å². The number of fused-ring (bicyclic) bond motifs is 1. The highest BCUT2D eigenvalue weighted by Crippen LogP contribution is 2.39. The summed E-state index contributed by atoms with van der Waals surface area (Å²) in [6, 6.07) is 9.22. The number of halogens is 2. The molecule has 1 aliphatic carbocycles. The number of anilines is 1. The van der Waals surface area contributed by atoms with Crippen molar-refractivity contribution in [2.24, 2.45) is 5.92 Å². The van der Waals surface area contributed by atoms with Gasteiger partial charge in [0, 0.05) is 29.6 Å². The molecular weight excluding hydrogens is 549 g/mol. The number of benzene rings is 2. The number of aromatic nitrogens is 1. The Morgan fingerprint density at radius 3 is 2.30 bits per heavy atom. The molecule has 2 aromatic carbocycles. The lowest BCUT2D eigenvalue weighted by atomic mass is 9.91. The topological polar surface area (TPSA) is 101 Å². The number of ketones is 1. The Kier molecular flexibility index (Phi) is 9.16. The van der Waals surface area contributed by atoms with Crippen LogP contribution in [-0.2, 0) is 4.74 Å². The van der Waals surface area contributed by atoms with E-state index in [2.05, 4.69) is 15.6 Å². The van der Waals surface area contributed by atoms with Gasteiger partial charge in [0.2, 0.25) is 0 Å². The Hall–Kier alpha value is -3.03. The number of rotatable bonds is 7. The van der Waals surface area contributed by atoms with Gasteiger partial charge in [0.25, 0.3) is 0 Å². The molecule has 1 amide bonds. The van der Waals surface area contributed by atoms with Crippen LogP contribution < -0.4 is 10.6 Å². The van der Waals surface area contributed by atoms with E-state index in [-0.39, 0.29) is 45.2 Å². The normalized spacial score (nSPS) is 17.6. The van der Waals surface area contributed by atoms with E-state index in [4.69, 9.17) is 27.9 Å². The average molecular weight is 587 g/mol. The quantitative estimate of drug-likeness (QED) is 0.241. The Labute approximate surface area is 245 Å². The first-order chi connectivity index (χ1) is 18.8. The van der Waals surface area contributed by atoms with Crippen molar-refractivity contribution in [2.45, 2.75) is 84.4 Å². The molecule has 3 aromatic rings. The first-order valence-corrected chi connectivity index (χ1v) is 14.5. The third kappa shape index (κ3) is 7.38. The third-order valence-corrected chi connectivity index (χ3v) is 7.46. The lowest BCUT2D eigenvalue weighted by Gasteiger charge is -2.31. The van der Waals surface area contributed by atoms with Crippen LogP contribution in [0.25, 0.3) is 22.0 Å². The molecule has 0 radical (unpaired) electrons. The maximum Gasteiger partial charge on any atom is 0.407 e. The van der Waals surface area contributed by atoms with Crippen LogP contribution in [0.5, 0.6) is 5.75 Å². The fraction of sp³-hybridized carbons (Fsp3) is 0.452. The Morgan fingerprint density at radius 2 is 1.70 bits per heavy atom.